The molecule has 0 spiro atoms. The third-order valence-electron chi connectivity index (χ3n) is 0.830. The fraction of sp³-hybridized carbons (Fsp3) is 0.800. The van der Waals surface area contributed by atoms with Gasteiger partial charge in [-0.1, -0.05) is 13.3 Å². The first-order valence-corrected chi connectivity index (χ1v) is 2.80. The number of unbranched alkanes of at least 4 members (excludes halogenated alkanes) is 1. The fourth-order valence-electron chi connectivity index (χ4n) is 0.388. The van der Waals surface area contributed by atoms with Crippen molar-refractivity contribution >= 4 is 13.7 Å². The van der Waals surface area contributed by atoms with E-state index in [1.165, 1.54) is 0 Å². The average molecular weight is 111 g/mol. The van der Waals surface area contributed by atoms with Gasteiger partial charge >= 0.3 is 0 Å². The molecule has 0 heterocycles. The van der Waals surface area contributed by atoms with Crippen LogP contribution in [0.25, 0.3) is 0 Å². The third-order valence-corrected chi connectivity index (χ3v) is 0.830. The molecular weight excluding hydrogens is 101 g/mol. The van der Waals surface area contributed by atoms with Crippen molar-refractivity contribution in [1.82, 2.24) is 5.32 Å². The number of carbonyl (C=O) groups excluding carboxylic acids is 1. The molecule has 1 amide bonds. The van der Waals surface area contributed by atoms with E-state index >= 15 is 0 Å². The lowest BCUT2D eigenvalue weighted by atomic mass is 10.1. The molecule has 0 aliphatic carbocycles. The lowest BCUT2D eigenvalue weighted by Gasteiger charge is -1.97. The van der Waals surface area contributed by atoms with Crippen molar-refractivity contribution in [2.75, 3.05) is 6.54 Å². The average Bonchev–Trinajstić information content (AvgIpc) is 1.66. The monoisotopic (exact) mass is 111 g/mol. The maximum absolute atomic E-state index is 9.99. The molecule has 0 bridgehead atoms. The minimum atomic E-state index is -0.432. The SMILES string of the molecule is [B]C(=O)NCCCC. The van der Waals surface area contributed by atoms with Crippen LogP contribution in [0.4, 0.5) is 4.79 Å². The zero-order valence-electron chi connectivity index (χ0n) is 5.11. The van der Waals surface area contributed by atoms with Crippen LogP contribution >= 0.6 is 0 Å². The van der Waals surface area contributed by atoms with Gasteiger partial charge < -0.3 is 5.32 Å². The van der Waals surface area contributed by atoms with Crippen LogP contribution in [0.1, 0.15) is 19.8 Å². The Morgan fingerprint density at radius 2 is 2.38 bits per heavy atom. The summed E-state index contributed by atoms with van der Waals surface area (Å²) in [6.07, 6.45) is 2.09. The smallest absolute Gasteiger partial charge is 0.200 e. The molecule has 0 rings (SSSR count). The first-order valence-electron chi connectivity index (χ1n) is 2.80. The van der Waals surface area contributed by atoms with Gasteiger partial charge in [-0.05, 0) is 6.42 Å². The summed E-state index contributed by atoms with van der Waals surface area (Å²) in [5.74, 6) is -0.432. The van der Waals surface area contributed by atoms with Gasteiger partial charge in [0.2, 0.25) is 0 Å². The normalized spacial score (nSPS) is 8.62. The molecule has 0 saturated carbocycles. The molecule has 0 aromatic rings. The number of amides is 1. The highest BCUT2D eigenvalue weighted by Gasteiger charge is 1.85. The van der Waals surface area contributed by atoms with Gasteiger partial charge in [0.25, 0.3) is 0 Å². The summed E-state index contributed by atoms with van der Waals surface area (Å²) in [5, 5.41) is 2.49. The fourth-order valence-corrected chi connectivity index (χ4v) is 0.388. The van der Waals surface area contributed by atoms with Gasteiger partial charge in [0.15, 0.2) is 13.7 Å². The number of nitrogens with one attached hydrogen (secondary N) is 1. The van der Waals surface area contributed by atoms with Crippen molar-refractivity contribution in [3.63, 3.8) is 0 Å². The highest BCUT2D eigenvalue weighted by Crippen LogP contribution is 1.80. The van der Waals surface area contributed by atoms with Crippen molar-refractivity contribution in [3.8, 4) is 0 Å². The molecule has 1 N–H and O–H groups in total. The van der Waals surface area contributed by atoms with Gasteiger partial charge in [0, 0.05) is 6.54 Å². The first kappa shape index (κ1) is 7.53. The van der Waals surface area contributed by atoms with Gasteiger partial charge in [-0.25, -0.2) is 0 Å². The van der Waals surface area contributed by atoms with E-state index in [1.54, 1.807) is 0 Å². The molecule has 0 aromatic carbocycles. The van der Waals surface area contributed by atoms with Gasteiger partial charge in [0.1, 0.15) is 0 Å². The number of rotatable bonds is 3. The van der Waals surface area contributed by atoms with Crippen molar-refractivity contribution < 1.29 is 4.79 Å². The molecule has 0 atom stereocenters. The van der Waals surface area contributed by atoms with Gasteiger partial charge in [-0.2, -0.15) is 0 Å². The summed E-state index contributed by atoms with van der Waals surface area (Å²) in [5.41, 5.74) is 0. The molecule has 0 aromatic heterocycles. The second-order valence-corrected chi connectivity index (χ2v) is 1.64. The van der Waals surface area contributed by atoms with E-state index in [0.29, 0.717) is 6.54 Å². The molecule has 0 saturated heterocycles. The van der Waals surface area contributed by atoms with Crippen molar-refractivity contribution in [2.45, 2.75) is 19.8 Å². The Morgan fingerprint density at radius 3 is 2.75 bits per heavy atom. The summed E-state index contributed by atoms with van der Waals surface area (Å²) in [4.78, 5) is 9.99. The molecule has 44 valence electrons. The summed E-state index contributed by atoms with van der Waals surface area (Å²) in [6, 6.07) is 0. The Morgan fingerprint density at radius 1 is 1.75 bits per heavy atom. The van der Waals surface area contributed by atoms with E-state index in [4.69, 9.17) is 7.85 Å². The Bertz CT molecular complexity index is 74.8. The highest BCUT2D eigenvalue weighted by molar-refractivity contribution is 6.57. The Balaban J connectivity index is 2.82. The zero-order chi connectivity index (χ0) is 6.41. The minimum absolute atomic E-state index is 0.432. The largest absolute Gasteiger partial charge is 0.366 e. The topological polar surface area (TPSA) is 29.1 Å². The number of hydrogen-bond donors (Lipinski definition) is 1. The second-order valence-electron chi connectivity index (χ2n) is 1.64. The standard InChI is InChI=1S/C5H10BNO/c1-2-3-4-7-5(6)8/h2-4H2,1H3,(H,7,8). The maximum atomic E-state index is 9.99. The summed E-state index contributed by atoms with van der Waals surface area (Å²) < 4.78 is 0. The molecule has 2 radical (unpaired) electrons. The Labute approximate surface area is 51.1 Å². The lowest BCUT2D eigenvalue weighted by Crippen LogP contribution is -2.22. The van der Waals surface area contributed by atoms with Crippen LogP contribution in [-0.4, -0.2) is 20.2 Å². The van der Waals surface area contributed by atoms with Crippen molar-refractivity contribution in [1.29, 1.82) is 0 Å². The molecule has 2 nitrogen and oxygen atoms in total. The third kappa shape index (κ3) is 5.53. The van der Waals surface area contributed by atoms with Crippen LogP contribution in [0.5, 0.6) is 0 Å². The molecule has 0 unspecified atom stereocenters. The molecule has 0 aliphatic rings. The Hall–Kier alpha value is -0.465. The van der Waals surface area contributed by atoms with Crippen molar-refractivity contribution in [3.05, 3.63) is 0 Å². The predicted molar refractivity (Wildman–Crippen MR) is 34.1 cm³/mol. The van der Waals surface area contributed by atoms with Crippen LogP contribution < -0.4 is 5.32 Å². The predicted octanol–water partition coefficient (Wildman–Crippen LogP) is 0.665. The molecular formula is C5H10BNO. The van der Waals surface area contributed by atoms with E-state index in [1.807, 2.05) is 0 Å². The Kier molecular flexibility index (Phi) is 4.42. The second kappa shape index (κ2) is 4.69. The molecule has 3 heteroatoms. The van der Waals surface area contributed by atoms with Gasteiger partial charge in [-0.3, -0.25) is 4.79 Å². The molecule has 8 heavy (non-hydrogen) atoms. The maximum Gasteiger partial charge on any atom is 0.200 e. The summed E-state index contributed by atoms with van der Waals surface area (Å²) in [7, 11) is 4.78. The van der Waals surface area contributed by atoms with Crippen LogP contribution in [0.2, 0.25) is 0 Å². The first-order chi connectivity index (χ1) is 3.77. The number of carbonyl (C=O) groups is 1. The highest BCUT2D eigenvalue weighted by atomic mass is 16.1. The lowest BCUT2D eigenvalue weighted by molar-refractivity contribution is 0.259. The van der Waals surface area contributed by atoms with Crippen LogP contribution in [0, 0.1) is 0 Å². The molecule has 0 aliphatic heterocycles. The zero-order valence-corrected chi connectivity index (χ0v) is 5.11. The van der Waals surface area contributed by atoms with Gasteiger partial charge in [-0.15, -0.1) is 0 Å². The van der Waals surface area contributed by atoms with Crippen LogP contribution in [0.15, 0.2) is 0 Å². The van der Waals surface area contributed by atoms with Gasteiger partial charge in [0.05, 0.1) is 0 Å². The van der Waals surface area contributed by atoms with E-state index < -0.39 is 5.81 Å². The van der Waals surface area contributed by atoms with Crippen LogP contribution in [0.3, 0.4) is 0 Å². The summed E-state index contributed by atoms with van der Waals surface area (Å²) in [6.45, 7) is 2.76. The van der Waals surface area contributed by atoms with Crippen molar-refractivity contribution in [2.24, 2.45) is 0 Å². The van der Waals surface area contributed by atoms with E-state index in [0.717, 1.165) is 12.8 Å². The van der Waals surface area contributed by atoms with E-state index in [2.05, 4.69) is 12.2 Å². The molecule has 0 fully saturated rings. The minimum Gasteiger partial charge on any atom is -0.366 e. The van der Waals surface area contributed by atoms with Crippen LogP contribution in [-0.2, 0) is 0 Å². The number of hydrogen-bond acceptors (Lipinski definition) is 1. The quantitative estimate of drug-likeness (QED) is 0.420. The van der Waals surface area contributed by atoms with E-state index in [9.17, 15) is 4.79 Å². The summed E-state index contributed by atoms with van der Waals surface area (Å²) >= 11 is 0. The van der Waals surface area contributed by atoms with E-state index in [-0.39, 0.29) is 0 Å².